The number of rotatable bonds is 7. The van der Waals surface area contributed by atoms with E-state index in [-0.39, 0.29) is 6.04 Å². The van der Waals surface area contributed by atoms with Crippen LogP contribution in [0, 0.1) is 6.92 Å². The van der Waals surface area contributed by atoms with Crippen molar-refractivity contribution in [2.24, 2.45) is 0 Å². The third-order valence-corrected chi connectivity index (χ3v) is 10.1. The van der Waals surface area contributed by atoms with Crippen molar-refractivity contribution >= 4 is 33.1 Å². The number of sulfone groups is 1. The Morgan fingerprint density at radius 3 is 2.49 bits per heavy atom. The lowest BCUT2D eigenvalue weighted by Crippen LogP contribution is -2.44. The van der Waals surface area contributed by atoms with Crippen LogP contribution in [0.2, 0.25) is 0 Å². The van der Waals surface area contributed by atoms with E-state index in [4.69, 9.17) is 14.7 Å². The maximum atomic E-state index is 13.9. The SMILES string of the molecule is Cc1n[nH]cc1NC(=O)Nc1ccc(-c2nc(N3CCOC[C@@H]3C)cc(C3(S(=O)(=O)c4ccccc4)CC3)n2)cc1. The summed E-state index contributed by atoms with van der Waals surface area (Å²) in [4.78, 5) is 24.6. The largest absolute Gasteiger partial charge is 0.377 e. The van der Waals surface area contributed by atoms with Crippen molar-refractivity contribution in [3.63, 3.8) is 0 Å². The number of ether oxygens (including phenoxy) is 1. The summed E-state index contributed by atoms with van der Waals surface area (Å²) < 4.78 is 32.2. The zero-order chi connectivity index (χ0) is 28.6. The van der Waals surface area contributed by atoms with Crippen molar-refractivity contribution in [1.82, 2.24) is 20.2 Å². The zero-order valence-corrected chi connectivity index (χ0v) is 23.6. The van der Waals surface area contributed by atoms with Crippen LogP contribution in [-0.2, 0) is 19.3 Å². The molecule has 212 valence electrons. The molecule has 11 nitrogen and oxygen atoms in total. The molecule has 3 N–H and O–H groups in total. The molecule has 1 atom stereocenters. The summed E-state index contributed by atoms with van der Waals surface area (Å²) in [5.41, 5.74) is 3.06. The van der Waals surface area contributed by atoms with Crippen LogP contribution in [0.4, 0.5) is 22.0 Å². The molecule has 1 aliphatic heterocycles. The molecule has 2 aromatic carbocycles. The van der Waals surface area contributed by atoms with Gasteiger partial charge in [0.2, 0.25) is 0 Å². The van der Waals surface area contributed by atoms with E-state index in [1.807, 2.05) is 18.2 Å². The molecule has 6 rings (SSSR count). The topological polar surface area (TPSA) is 142 Å². The van der Waals surface area contributed by atoms with Crippen LogP contribution in [0.15, 0.2) is 71.8 Å². The predicted octanol–water partition coefficient (Wildman–Crippen LogP) is 4.51. The van der Waals surface area contributed by atoms with Gasteiger partial charge < -0.3 is 20.3 Å². The molecule has 0 bridgehead atoms. The molecule has 4 aromatic rings. The van der Waals surface area contributed by atoms with E-state index in [0.29, 0.717) is 77.5 Å². The third kappa shape index (κ3) is 5.16. The normalized spacial score (nSPS) is 18.1. The van der Waals surface area contributed by atoms with Gasteiger partial charge in [-0.25, -0.2) is 23.2 Å². The van der Waals surface area contributed by atoms with Crippen LogP contribution >= 0.6 is 0 Å². The molecule has 0 spiro atoms. The molecule has 2 aliphatic rings. The van der Waals surface area contributed by atoms with E-state index in [2.05, 4.69) is 32.7 Å². The summed E-state index contributed by atoms with van der Waals surface area (Å²) in [7, 11) is -3.68. The number of urea groups is 1. The lowest BCUT2D eigenvalue weighted by Gasteiger charge is -2.34. The van der Waals surface area contributed by atoms with E-state index in [1.54, 1.807) is 55.6 Å². The van der Waals surface area contributed by atoms with Crippen molar-refractivity contribution < 1.29 is 17.9 Å². The minimum Gasteiger partial charge on any atom is -0.377 e. The minimum absolute atomic E-state index is 0.0733. The molecule has 3 heterocycles. The quantitative estimate of drug-likeness (QED) is 0.293. The monoisotopic (exact) mass is 573 g/mol. The number of morpholine rings is 1. The Kier molecular flexibility index (Phi) is 6.96. The van der Waals surface area contributed by atoms with E-state index in [1.165, 1.54) is 0 Å². The van der Waals surface area contributed by atoms with Gasteiger partial charge in [0.1, 0.15) is 10.6 Å². The highest BCUT2D eigenvalue weighted by Gasteiger charge is 2.58. The molecule has 2 fully saturated rings. The zero-order valence-electron chi connectivity index (χ0n) is 22.8. The van der Waals surface area contributed by atoms with Gasteiger partial charge >= 0.3 is 6.03 Å². The summed E-state index contributed by atoms with van der Waals surface area (Å²) in [6, 6.07) is 17.2. The fraction of sp³-hybridized carbons (Fsp3) is 0.310. The van der Waals surface area contributed by atoms with Crippen LogP contribution in [0.1, 0.15) is 31.2 Å². The summed E-state index contributed by atoms with van der Waals surface area (Å²) in [6.45, 7) is 5.61. The Bertz CT molecular complexity index is 1670. The second kappa shape index (κ2) is 10.6. The number of nitrogens with one attached hydrogen (secondary N) is 3. The van der Waals surface area contributed by atoms with Crippen LogP contribution in [0.5, 0.6) is 0 Å². The molecule has 0 radical (unpaired) electrons. The first-order valence-corrected chi connectivity index (χ1v) is 15.0. The highest BCUT2D eigenvalue weighted by atomic mass is 32.2. The maximum absolute atomic E-state index is 13.9. The molecule has 1 saturated heterocycles. The van der Waals surface area contributed by atoms with Crippen LogP contribution < -0.4 is 15.5 Å². The van der Waals surface area contributed by atoms with Gasteiger partial charge in [-0.2, -0.15) is 5.10 Å². The number of anilines is 3. The lowest BCUT2D eigenvalue weighted by atomic mass is 10.1. The van der Waals surface area contributed by atoms with Crippen LogP contribution in [-0.4, -0.2) is 60.4 Å². The Balaban J connectivity index is 1.33. The molecule has 0 unspecified atom stereocenters. The van der Waals surface area contributed by atoms with Gasteiger partial charge in [0.15, 0.2) is 15.7 Å². The standard InChI is InChI=1S/C29H31N7O4S/c1-19-18-40-15-14-36(19)26-16-25(29(12-13-29)41(38,39)23-6-4-3-5-7-23)33-27(34-26)21-8-10-22(11-9-21)31-28(37)32-24-17-30-35-20(24)2/h3-11,16-17,19H,12-15,18H2,1-2H3,(H,30,35)(H2,31,32,37)/t19-/m0/s1. The lowest BCUT2D eigenvalue weighted by molar-refractivity contribution is 0.0985. The molecule has 12 heteroatoms. The molecule has 1 saturated carbocycles. The minimum atomic E-state index is -3.68. The summed E-state index contributed by atoms with van der Waals surface area (Å²) in [5, 5.41) is 12.3. The molecule has 1 aliphatic carbocycles. The Labute approximate surface area is 238 Å². The van der Waals surface area contributed by atoms with Gasteiger partial charge in [-0.3, -0.25) is 5.10 Å². The summed E-state index contributed by atoms with van der Waals surface area (Å²) >= 11 is 0. The van der Waals surface area contributed by atoms with Gasteiger partial charge in [0.05, 0.1) is 41.2 Å². The summed E-state index contributed by atoms with van der Waals surface area (Å²) in [5.74, 6) is 1.10. The molecule has 2 amide bonds. The first-order chi connectivity index (χ1) is 19.8. The van der Waals surface area contributed by atoms with Crippen molar-refractivity contribution in [3.8, 4) is 11.4 Å². The fourth-order valence-corrected chi connectivity index (χ4v) is 7.07. The van der Waals surface area contributed by atoms with Gasteiger partial charge in [0.25, 0.3) is 0 Å². The Morgan fingerprint density at radius 1 is 1.07 bits per heavy atom. The number of carbonyl (C=O) groups excluding carboxylic acids is 1. The average molecular weight is 574 g/mol. The highest BCUT2D eigenvalue weighted by molar-refractivity contribution is 7.92. The number of hydrogen-bond donors (Lipinski definition) is 3. The van der Waals surface area contributed by atoms with E-state index in [0.717, 1.165) is 0 Å². The van der Waals surface area contributed by atoms with E-state index in [9.17, 15) is 13.2 Å². The first-order valence-electron chi connectivity index (χ1n) is 13.5. The van der Waals surface area contributed by atoms with Crippen LogP contribution in [0.3, 0.4) is 0 Å². The number of carbonyl (C=O) groups is 1. The molecular formula is C29H31N7O4S. The number of nitrogens with zero attached hydrogens (tertiary/aromatic N) is 4. The number of amides is 2. The van der Waals surface area contributed by atoms with Gasteiger partial charge in [-0.1, -0.05) is 18.2 Å². The van der Waals surface area contributed by atoms with Gasteiger partial charge in [0, 0.05) is 30.1 Å². The fourth-order valence-electron chi connectivity index (χ4n) is 5.09. The van der Waals surface area contributed by atoms with Gasteiger partial charge in [-0.05, 0) is 63.1 Å². The van der Waals surface area contributed by atoms with Gasteiger partial charge in [-0.15, -0.1) is 0 Å². The Hall–Kier alpha value is -4.29. The van der Waals surface area contributed by atoms with Crippen molar-refractivity contribution in [2.45, 2.75) is 42.4 Å². The van der Waals surface area contributed by atoms with Crippen molar-refractivity contribution in [1.29, 1.82) is 0 Å². The number of aromatic nitrogens is 4. The van der Waals surface area contributed by atoms with Crippen LogP contribution in [0.25, 0.3) is 11.4 Å². The number of H-pyrrole nitrogens is 1. The maximum Gasteiger partial charge on any atom is 0.323 e. The van der Waals surface area contributed by atoms with Crippen molar-refractivity contribution in [2.75, 3.05) is 35.3 Å². The summed E-state index contributed by atoms with van der Waals surface area (Å²) in [6.07, 6.45) is 2.60. The highest BCUT2D eigenvalue weighted by Crippen LogP contribution is 2.55. The first kappa shape index (κ1) is 26.9. The number of aromatic amines is 1. The average Bonchev–Trinajstić information content (AvgIpc) is 3.72. The Morgan fingerprint density at radius 2 is 1.83 bits per heavy atom. The molecule has 2 aromatic heterocycles. The smallest absolute Gasteiger partial charge is 0.323 e. The molecular weight excluding hydrogens is 542 g/mol. The second-order valence-electron chi connectivity index (χ2n) is 10.4. The number of aryl methyl sites for hydroxylation is 1. The second-order valence-corrected chi connectivity index (χ2v) is 12.7. The van der Waals surface area contributed by atoms with Crippen molar-refractivity contribution in [3.05, 3.63) is 78.2 Å². The van der Waals surface area contributed by atoms with E-state index < -0.39 is 20.6 Å². The third-order valence-electron chi connectivity index (χ3n) is 7.59. The number of benzene rings is 2. The van der Waals surface area contributed by atoms with E-state index >= 15 is 0 Å². The predicted molar refractivity (Wildman–Crippen MR) is 156 cm³/mol. The molecule has 41 heavy (non-hydrogen) atoms. The number of hydrogen-bond acceptors (Lipinski definition) is 8.